The fraction of sp³-hybridized carbons (Fsp3) is 0.417. The lowest BCUT2D eigenvalue weighted by Gasteiger charge is -2.09. The zero-order chi connectivity index (χ0) is 13.8. The van der Waals surface area contributed by atoms with Crippen LogP contribution in [-0.2, 0) is 10.9 Å². The van der Waals surface area contributed by atoms with Crippen molar-refractivity contribution in [1.82, 2.24) is 0 Å². The predicted octanol–water partition coefficient (Wildman–Crippen LogP) is 3.80. The molecule has 1 aromatic carbocycles. The quantitative estimate of drug-likeness (QED) is 0.469. The van der Waals surface area contributed by atoms with Crippen molar-refractivity contribution in [3.8, 4) is 0 Å². The summed E-state index contributed by atoms with van der Waals surface area (Å²) in [4.78, 5) is 11.4. The highest BCUT2D eigenvalue weighted by Crippen LogP contribution is 2.31. The van der Waals surface area contributed by atoms with Crippen LogP contribution in [0.5, 0.6) is 0 Å². The molecule has 0 amide bonds. The summed E-state index contributed by atoms with van der Waals surface area (Å²) in [6.07, 6.45) is -3.41. The summed E-state index contributed by atoms with van der Waals surface area (Å²) in [5, 5.41) is 0. The largest absolute Gasteiger partial charge is 0.462 e. The number of halogens is 4. The Hall–Kier alpha value is -1.59. The van der Waals surface area contributed by atoms with E-state index in [0.29, 0.717) is 18.6 Å². The van der Waals surface area contributed by atoms with E-state index in [1.54, 1.807) is 0 Å². The molecule has 0 bridgehead atoms. The van der Waals surface area contributed by atoms with E-state index >= 15 is 0 Å². The van der Waals surface area contributed by atoms with Crippen molar-refractivity contribution in [2.75, 3.05) is 6.61 Å². The molecule has 0 radical (unpaired) electrons. The molecule has 0 spiro atoms. The summed E-state index contributed by atoms with van der Waals surface area (Å²) in [6.45, 7) is 2.02. The highest BCUT2D eigenvalue weighted by Gasteiger charge is 2.34. The van der Waals surface area contributed by atoms with Gasteiger partial charge in [0.25, 0.3) is 0 Å². The van der Waals surface area contributed by atoms with Crippen LogP contribution >= 0.6 is 0 Å². The molecular weight excluding hydrogens is 252 g/mol. The minimum absolute atomic E-state index is 0.133. The van der Waals surface area contributed by atoms with Gasteiger partial charge in [-0.25, -0.2) is 9.18 Å². The molecule has 0 fully saturated rings. The Bertz CT molecular complexity index is 427. The van der Waals surface area contributed by atoms with Crippen LogP contribution in [0.1, 0.15) is 35.7 Å². The molecular formula is C12H12F4O2. The molecule has 0 saturated carbocycles. The Morgan fingerprint density at radius 3 is 2.56 bits per heavy atom. The molecule has 0 saturated heterocycles. The van der Waals surface area contributed by atoms with Crippen LogP contribution in [0.3, 0.4) is 0 Å². The van der Waals surface area contributed by atoms with Gasteiger partial charge in [0.1, 0.15) is 5.82 Å². The Morgan fingerprint density at radius 1 is 1.33 bits per heavy atom. The van der Waals surface area contributed by atoms with E-state index < -0.39 is 23.5 Å². The fourth-order valence-corrected chi connectivity index (χ4v) is 1.26. The predicted molar refractivity (Wildman–Crippen MR) is 56.6 cm³/mol. The Kier molecular flexibility index (Phi) is 4.69. The molecule has 18 heavy (non-hydrogen) atoms. The minimum Gasteiger partial charge on any atom is -0.462 e. The molecule has 0 aromatic heterocycles. The van der Waals surface area contributed by atoms with Crippen LogP contribution in [0.25, 0.3) is 0 Å². The molecule has 1 rings (SSSR count). The monoisotopic (exact) mass is 264 g/mol. The van der Waals surface area contributed by atoms with Crippen molar-refractivity contribution >= 4 is 5.97 Å². The average Bonchev–Trinajstić information content (AvgIpc) is 2.28. The van der Waals surface area contributed by atoms with Crippen LogP contribution in [-0.4, -0.2) is 12.6 Å². The van der Waals surface area contributed by atoms with Gasteiger partial charge in [-0.15, -0.1) is 0 Å². The Morgan fingerprint density at radius 2 is 2.00 bits per heavy atom. The smallest absolute Gasteiger partial charge is 0.419 e. The van der Waals surface area contributed by atoms with E-state index in [1.807, 2.05) is 6.92 Å². The van der Waals surface area contributed by atoms with E-state index in [4.69, 9.17) is 4.74 Å². The van der Waals surface area contributed by atoms with Crippen LogP contribution in [0, 0.1) is 5.82 Å². The maximum absolute atomic E-state index is 13.0. The van der Waals surface area contributed by atoms with Gasteiger partial charge in [-0.3, -0.25) is 0 Å². The van der Waals surface area contributed by atoms with Crippen LogP contribution in [0.15, 0.2) is 18.2 Å². The van der Waals surface area contributed by atoms with Gasteiger partial charge >= 0.3 is 12.1 Å². The second-order valence-electron chi connectivity index (χ2n) is 3.68. The van der Waals surface area contributed by atoms with Gasteiger partial charge < -0.3 is 4.74 Å². The van der Waals surface area contributed by atoms with Gasteiger partial charge in [-0.2, -0.15) is 13.2 Å². The van der Waals surface area contributed by atoms with E-state index in [0.717, 1.165) is 12.5 Å². The number of rotatable bonds is 4. The van der Waals surface area contributed by atoms with Crippen LogP contribution in [0.4, 0.5) is 17.6 Å². The third-order valence-corrected chi connectivity index (χ3v) is 2.24. The van der Waals surface area contributed by atoms with Gasteiger partial charge in [0.05, 0.1) is 17.7 Å². The van der Waals surface area contributed by atoms with E-state index in [-0.39, 0.29) is 12.2 Å². The zero-order valence-corrected chi connectivity index (χ0v) is 9.68. The van der Waals surface area contributed by atoms with Gasteiger partial charge in [0, 0.05) is 0 Å². The second kappa shape index (κ2) is 5.84. The molecule has 0 unspecified atom stereocenters. The standard InChI is InChI=1S/C12H12F4O2/c1-2-3-6-18-11(17)8-4-5-10(13)9(7-8)12(14,15)16/h4-5,7H,2-3,6H2,1H3. The van der Waals surface area contributed by atoms with E-state index in [2.05, 4.69) is 0 Å². The van der Waals surface area contributed by atoms with Crippen LogP contribution in [0.2, 0.25) is 0 Å². The summed E-state index contributed by atoms with van der Waals surface area (Å²) in [5.41, 5.74) is -1.77. The fourth-order valence-electron chi connectivity index (χ4n) is 1.26. The summed E-state index contributed by atoms with van der Waals surface area (Å²) >= 11 is 0. The third-order valence-electron chi connectivity index (χ3n) is 2.24. The first kappa shape index (κ1) is 14.5. The van der Waals surface area contributed by atoms with Gasteiger partial charge in [-0.05, 0) is 24.6 Å². The first-order valence-corrected chi connectivity index (χ1v) is 5.40. The number of alkyl halides is 3. The van der Waals surface area contributed by atoms with Gasteiger partial charge in [0.15, 0.2) is 0 Å². The number of carbonyl (C=O) groups is 1. The number of unbranched alkanes of at least 4 members (excludes halogenated alkanes) is 1. The zero-order valence-electron chi connectivity index (χ0n) is 9.68. The number of hydrogen-bond donors (Lipinski definition) is 0. The maximum Gasteiger partial charge on any atom is 0.419 e. The van der Waals surface area contributed by atoms with E-state index in [1.165, 1.54) is 0 Å². The Labute approximate surface area is 102 Å². The van der Waals surface area contributed by atoms with Crippen molar-refractivity contribution in [3.63, 3.8) is 0 Å². The molecule has 0 N–H and O–H groups in total. The van der Waals surface area contributed by atoms with Crippen molar-refractivity contribution in [1.29, 1.82) is 0 Å². The number of hydrogen-bond acceptors (Lipinski definition) is 2. The third kappa shape index (κ3) is 3.72. The molecule has 0 atom stereocenters. The number of ether oxygens (including phenoxy) is 1. The lowest BCUT2D eigenvalue weighted by atomic mass is 10.1. The first-order chi connectivity index (χ1) is 8.36. The van der Waals surface area contributed by atoms with Gasteiger partial charge in [-0.1, -0.05) is 13.3 Å². The summed E-state index contributed by atoms with van der Waals surface area (Å²) < 4.78 is 54.9. The summed E-state index contributed by atoms with van der Waals surface area (Å²) in [5.74, 6) is -2.29. The highest BCUT2D eigenvalue weighted by atomic mass is 19.4. The maximum atomic E-state index is 13.0. The molecule has 100 valence electrons. The van der Waals surface area contributed by atoms with Crippen molar-refractivity contribution in [2.45, 2.75) is 25.9 Å². The summed E-state index contributed by atoms with van der Waals surface area (Å²) in [6, 6.07) is 2.04. The molecule has 0 heterocycles. The molecule has 0 aliphatic heterocycles. The van der Waals surface area contributed by atoms with E-state index in [9.17, 15) is 22.4 Å². The second-order valence-corrected chi connectivity index (χ2v) is 3.68. The lowest BCUT2D eigenvalue weighted by molar-refractivity contribution is -0.140. The molecule has 6 heteroatoms. The number of esters is 1. The normalized spacial score (nSPS) is 11.4. The molecule has 1 aromatic rings. The number of benzene rings is 1. The number of carbonyl (C=O) groups excluding carboxylic acids is 1. The minimum atomic E-state index is -4.83. The van der Waals surface area contributed by atoms with Crippen molar-refractivity contribution in [2.24, 2.45) is 0 Å². The average molecular weight is 264 g/mol. The van der Waals surface area contributed by atoms with Crippen LogP contribution < -0.4 is 0 Å². The molecule has 0 aliphatic rings. The van der Waals surface area contributed by atoms with Gasteiger partial charge in [0.2, 0.25) is 0 Å². The first-order valence-electron chi connectivity index (χ1n) is 5.40. The topological polar surface area (TPSA) is 26.3 Å². The van der Waals surface area contributed by atoms with Crippen molar-refractivity contribution < 1.29 is 27.1 Å². The molecule has 2 nitrogen and oxygen atoms in total. The Balaban J connectivity index is 2.88. The summed E-state index contributed by atoms with van der Waals surface area (Å²) in [7, 11) is 0. The molecule has 0 aliphatic carbocycles. The highest BCUT2D eigenvalue weighted by molar-refractivity contribution is 5.89. The SMILES string of the molecule is CCCCOC(=O)c1ccc(F)c(C(F)(F)F)c1. The lowest BCUT2D eigenvalue weighted by Crippen LogP contribution is -2.12. The van der Waals surface area contributed by atoms with Crippen molar-refractivity contribution in [3.05, 3.63) is 35.1 Å².